The van der Waals surface area contributed by atoms with Crippen LogP contribution in [0.2, 0.25) is 0 Å². The third-order valence-electron chi connectivity index (χ3n) is 8.76. The Labute approximate surface area is 264 Å². The maximum absolute atomic E-state index is 14.1. The van der Waals surface area contributed by atoms with Gasteiger partial charge >= 0.3 is 12.1 Å². The fourth-order valence-corrected chi connectivity index (χ4v) is 8.02. The molecule has 0 saturated carbocycles. The van der Waals surface area contributed by atoms with Crippen LogP contribution in [0.5, 0.6) is 0 Å². The topological polar surface area (TPSA) is 123 Å². The molecule has 2 aliphatic heterocycles. The van der Waals surface area contributed by atoms with E-state index >= 15 is 0 Å². The molecule has 0 aliphatic carbocycles. The highest BCUT2D eigenvalue weighted by Gasteiger charge is 2.40. The molecule has 1 saturated heterocycles. The number of ether oxygens (including phenoxy) is 1. The highest BCUT2D eigenvalue weighted by molar-refractivity contribution is 7.89. The number of sulfonamides is 1. The second-order valence-corrected chi connectivity index (χ2v) is 13.5. The van der Waals surface area contributed by atoms with E-state index in [1.54, 1.807) is 38.2 Å². The zero-order valence-electron chi connectivity index (χ0n) is 25.7. The number of aryl methyl sites for hydroxylation is 2. The molecule has 0 N–H and O–H groups in total. The molecule has 0 radical (unpaired) electrons. The van der Waals surface area contributed by atoms with E-state index in [2.05, 4.69) is 20.1 Å². The molecule has 0 bridgehead atoms. The Morgan fingerprint density at radius 3 is 2.70 bits per heavy atom. The number of esters is 1. The minimum atomic E-state index is -4.70. The molecule has 2 aliphatic rings. The summed E-state index contributed by atoms with van der Waals surface area (Å²) in [7, 11) is -3.94. The molecule has 4 aromatic rings. The van der Waals surface area contributed by atoms with E-state index < -0.39 is 33.9 Å². The molecule has 15 heteroatoms. The van der Waals surface area contributed by atoms with Gasteiger partial charge < -0.3 is 9.64 Å². The van der Waals surface area contributed by atoms with Crippen LogP contribution in [0.3, 0.4) is 0 Å². The number of fused-ring (bicyclic) bond motifs is 4. The van der Waals surface area contributed by atoms with Crippen molar-refractivity contribution >= 4 is 27.5 Å². The number of anilines is 1. The minimum Gasteiger partial charge on any atom is -0.466 e. The number of halogens is 3. The van der Waals surface area contributed by atoms with Crippen LogP contribution in [0.15, 0.2) is 47.6 Å². The van der Waals surface area contributed by atoms with Gasteiger partial charge in [-0.1, -0.05) is 6.07 Å². The fourth-order valence-electron chi connectivity index (χ4n) is 6.43. The molecular weight excluding hydrogens is 623 g/mol. The van der Waals surface area contributed by atoms with Crippen LogP contribution in [0.1, 0.15) is 72.4 Å². The van der Waals surface area contributed by atoms with Gasteiger partial charge in [-0.3, -0.25) is 14.2 Å². The van der Waals surface area contributed by atoms with Crippen molar-refractivity contribution in [1.82, 2.24) is 28.9 Å². The first-order valence-corrected chi connectivity index (χ1v) is 16.6. The molecular formula is C31H34F3N7O4S. The molecule has 2 atom stereocenters. The van der Waals surface area contributed by atoms with Gasteiger partial charge in [-0.05, 0) is 81.0 Å². The van der Waals surface area contributed by atoms with Crippen molar-refractivity contribution in [3.8, 4) is 0 Å². The van der Waals surface area contributed by atoms with E-state index in [-0.39, 0.29) is 42.7 Å². The van der Waals surface area contributed by atoms with Gasteiger partial charge in [0.2, 0.25) is 15.8 Å². The summed E-state index contributed by atoms with van der Waals surface area (Å²) in [5, 5.41) is 7.15. The van der Waals surface area contributed by atoms with Gasteiger partial charge in [0.25, 0.3) is 0 Å². The largest absolute Gasteiger partial charge is 0.466 e. The molecule has 6 rings (SSSR count). The molecule has 0 amide bonds. The summed E-state index contributed by atoms with van der Waals surface area (Å²) in [6.07, 6.45) is 0.768. The molecule has 6 heterocycles. The lowest BCUT2D eigenvalue weighted by atomic mass is 9.89. The van der Waals surface area contributed by atoms with Gasteiger partial charge in [0.15, 0.2) is 5.65 Å². The summed E-state index contributed by atoms with van der Waals surface area (Å²) < 4.78 is 76.3. The van der Waals surface area contributed by atoms with Gasteiger partial charge in [-0.15, -0.1) is 10.2 Å². The summed E-state index contributed by atoms with van der Waals surface area (Å²) in [4.78, 5) is 24.4. The zero-order valence-corrected chi connectivity index (χ0v) is 26.5. The number of hydrogen-bond acceptors (Lipinski definition) is 9. The average Bonchev–Trinajstić information content (AvgIpc) is 3.44. The van der Waals surface area contributed by atoms with Crippen LogP contribution in [0.25, 0.3) is 5.65 Å². The summed E-state index contributed by atoms with van der Waals surface area (Å²) in [5.41, 5.74) is 2.65. The van der Waals surface area contributed by atoms with Crippen LogP contribution in [-0.2, 0) is 32.3 Å². The monoisotopic (exact) mass is 657 g/mol. The number of piperidine rings is 1. The minimum absolute atomic E-state index is 0.00555. The predicted molar refractivity (Wildman–Crippen MR) is 162 cm³/mol. The molecule has 46 heavy (non-hydrogen) atoms. The van der Waals surface area contributed by atoms with Gasteiger partial charge in [-0.25, -0.2) is 13.4 Å². The molecule has 4 aromatic heterocycles. The van der Waals surface area contributed by atoms with Crippen LogP contribution in [0.4, 0.5) is 19.0 Å². The number of rotatable bonds is 7. The average molecular weight is 658 g/mol. The number of hydrogen-bond donors (Lipinski definition) is 0. The molecule has 0 spiro atoms. The molecule has 11 nitrogen and oxygen atoms in total. The quantitative estimate of drug-likeness (QED) is 0.258. The van der Waals surface area contributed by atoms with E-state index in [1.807, 2.05) is 13.0 Å². The maximum Gasteiger partial charge on any atom is 0.452 e. The number of pyridine rings is 3. The first-order chi connectivity index (χ1) is 21.9. The van der Waals surface area contributed by atoms with Crippen LogP contribution in [0, 0.1) is 13.8 Å². The summed E-state index contributed by atoms with van der Waals surface area (Å²) in [5.74, 6) is -1.91. The second kappa shape index (κ2) is 12.2. The summed E-state index contributed by atoms with van der Waals surface area (Å²) >= 11 is 0. The Morgan fingerprint density at radius 2 is 1.93 bits per heavy atom. The van der Waals surface area contributed by atoms with Crippen molar-refractivity contribution in [2.75, 3.05) is 24.6 Å². The van der Waals surface area contributed by atoms with Crippen LogP contribution >= 0.6 is 0 Å². The van der Waals surface area contributed by atoms with Gasteiger partial charge in [0.1, 0.15) is 10.7 Å². The zero-order chi connectivity index (χ0) is 32.8. The molecule has 0 aromatic carbocycles. The normalized spacial score (nSPS) is 18.9. The van der Waals surface area contributed by atoms with Crippen LogP contribution < -0.4 is 4.90 Å². The summed E-state index contributed by atoms with van der Waals surface area (Å²) in [6.45, 7) is 6.27. The number of carbonyl (C=O) groups is 1. The highest BCUT2D eigenvalue weighted by atomic mass is 32.2. The van der Waals surface area contributed by atoms with Crippen molar-refractivity contribution in [3.05, 3.63) is 76.6 Å². The lowest BCUT2D eigenvalue weighted by Gasteiger charge is -2.36. The van der Waals surface area contributed by atoms with Crippen molar-refractivity contribution in [2.45, 2.75) is 76.0 Å². The standard InChI is InChI=1S/C31H34F3N7O4S/c1-4-45-27(42)16-23(22-12-15-41-28(20(22)3)37-38-30(41)31(32,33)34)24-11-10-19(2)25(36-24)18-39-17-21-8-5-6-14-40(21)29-26(46(39,43)44)9-7-13-35-29/h7,9-13,15,21,23H,4-6,8,14,16-18H2,1-3H3/t21-,23?/m0/s1. The third-order valence-corrected chi connectivity index (χ3v) is 10.6. The molecule has 244 valence electrons. The Hall–Kier alpha value is -4.11. The number of alkyl halides is 3. The first kappa shape index (κ1) is 31.9. The van der Waals surface area contributed by atoms with E-state index in [0.717, 1.165) is 35.8 Å². The van der Waals surface area contributed by atoms with E-state index in [1.165, 1.54) is 16.6 Å². The molecule has 1 fully saturated rings. The van der Waals surface area contributed by atoms with Crippen molar-refractivity contribution in [3.63, 3.8) is 0 Å². The van der Waals surface area contributed by atoms with Gasteiger partial charge in [0, 0.05) is 43.1 Å². The Balaban J connectivity index is 1.41. The second-order valence-electron chi connectivity index (χ2n) is 11.6. The van der Waals surface area contributed by atoms with Crippen molar-refractivity contribution < 1.29 is 31.1 Å². The van der Waals surface area contributed by atoms with Gasteiger partial charge in [-0.2, -0.15) is 17.5 Å². The number of carbonyl (C=O) groups excluding carboxylic acids is 1. The molecule has 1 unspecified atom stereocenters. The maximum atomic E-state index is 14.1. The van der Waals surface area contributed by atoms with Crippen LogP contribution in [-0.4, -0.2) is 69.0 Å². The number of nitrogens with zero attached hydrogens (tertiary/aromatic N) is 7. The third kappa shape index (κ3) is 5.81. The van der Waals surface area contributed by atoms with E-state index in [4.69, 9.17) is 9.72 Å². The predicted octanol–water partition coefficient (Wildman–Crippen LogP) is 4.80. The lowest BCUT2D eigenvalue weighted by Crippen LogP contribution is -2.45. The fraction of sp³-hybridized carbons (Fsp3) is 0.452. The van der Waals surface area contributed by atoms with Crippen molar-refractivity contribution in [1.29, 1.82) is 0 Å². The lowest BCUT2D eigenvalue weighted by molar-refractivity contribution is -0.145. The Bertz CT molecular complexity index is 1900. The van der Waals surface area contributed by atoms with Gasteiger partial charge in [0.05, 0.1) is 25.3 Å². The number of aromatic nitrogens is 5. The Kier molecular flexibility index (Phi) is 8.48. The first-order valence-electron chi connectivity index (χ1n) is 15.2. The smallest absolute Gasteiger partial charge is 0.452 e. The van der Waals surface area contributed by atoms with Crippen molar-refractivity contribution in [2.24, 2.45) is 0 Å². The SMILES string of the molecule is CCOC(=O)CC(c1ccc(C)c(CN2C[C@@H]3CCCCN3c3ncccc3S2(=O)=O)n1)c1ccn2c(C(F)(F)F)nnc2c1C. The highest BCUT2D eigenvalue weighted by Crippen LogP contribution is 2.37. The summed E-state index contributed by atoms with van der Waals surface area (Å²) in [6, 6.07) is 8.23. The Morgan fingerprint density at radius 1 is 1.13 bits per heavy atom. The van der Waals surface area contributed by atoms with E-state index in [9.17, 15) is 26.4 Å². The van der Waals surface area contributed by atoms with E-state index in [0.29, 0.717) is 28.3 Å².